The number of primary amides is 1. The fraction of sp³-hybridized carbons (Fsp3) is 0.381. The van der Waals surface area contributed by atoms with Gasteiger partial charge in [-0.15, -0.1) is 0 Å². The van der Waals surface area contributed by atoms with E-state index in [1.807, 2.05) is 44.4 Å². The van der Waals surface area contributed by atoms with Crippen LogP contribution in [0, 0.1) is 13.8 Å². The number of ether oxygens (including phenoxy) is 2. The van der Waals surface area contributed by atoms with E-state index in [0.717, 1.165) is 44.8 Å². The zero-order valence-corrected chi connectivity index (χ0v) is 35.2. The standard InChI is InChI=1S/C42H51BN12O6/c1-6-54-32(19-26(3)49-54)38(57)43-41-46-31-23-29(39(44)58)24-35(61-18-10-13-51-16-11-45-12-17-51)37(31)52(41)14-8-9-15-53-36-30(21-28(25-56)22-34(36)60-5)47-42(53)48-40(59)33-20-27(4)50-55(33)7-2/h8-9,19-25,43,45H,6-7,10-18H2,1-5H3,(H2,44,58)(H,47,48,59)/b9-8+. The average Bonchev–Trinajstić information content (AvgIpc) is 4.02. The van der Waals surface area contributed by atoms with Crippen molar-refractivity contribution in [3.8, 4) is 11.5 Å². The summed E-state index contributed by atoms with van der Waals surface area (Å²) in [5.41, 5.74) is 11.1. The lowest BCUT2D eigenvalue weighted by Crippen LogP contribution is -2.43. The third-order valence-corrected chi connectivity index (χ3v) is 10.6. The van der Waals surface area contributed by atoms with Crippen molar-refractivity contribution in [1.82, 2.24) is 48.9 Å². The quantitative estimate of drug-likeness (QED) is 0.0465. The van der Waals surface area contributed by atoms with Crippen molar-refractivity contribution in [2.45, 2.75) is 60.3 Å². The highest BCUT2D eigenvalue weighted by atomic mass is 16.5. The number of nitrogens with one attached hydrogen (secondary N) is 2. The zero-order valence-electron chi connectivity index (χ0n) is 35.2. The number of nitrogens with two attached hydrogens (primary N) is 1. The number of piperazine rings is 1. The summed E-state index contributed by atoms with van der Waals surface area (Å²) in [6.45, 7) is 14.1. The van der Waals surface area contributed by atoms with Crippen LogP contribution in [0.1, 0.15) is 73.3 Å². The van der Waals surface area contributed by atoms with Gasteiger partial charge >= 0.3 is 0 Å². The molecule has 4 N–H and O–H groups in total. The van der Waals surface area contributed by atoms with E-state index in [0.29, 0.717) is 87.9 Å². The van der Waals surface area contributed by atoms with Crippen molar-refractivity contribution < 1.29 is 28.7 Å². The molecule has 7 rings (SSSR count). The number of benzene rings is 2. The van der Waals surface area contributed by atoms with Crippen LogP contribution in [0.25, 0.3) is 22.1 Å². The summed E-state index contributed by atoms with van der Waals surface area (Å²) in [6, 6.07) is 10.0. The summed E-state index contributed by atoms with van der Waals surface area (Å²) in [7, 11) is 1.46. The molecule has 0 bridgehead atoms. The van der Waals surface area contributed by atoms with E-state index in [1.54, 1.807) is 50.3 Å². The van der Waals surface area contributed by atoms with Crippen molar-refractivity contribution in [2.75, 3.05) is 51.8 Å². The van der Waals surface area contributed by atoms with E-state index in [1.165, 1.54) is 7.11 Å². The van der Waals surface area contributed by atoms with Crippen LogP contribution in [0.3, 0.4) is 0 Å². The number of aromatic nitrogens is 8. The Kier molecular flexibility index (Phi) is 13.1. The highest BCUT2D eigenvalue weighted by Gasteiger charge is 2.24. The lowest BCUT2D eigenvalue weighted by Gasteiger charge is -2.27. The molecule has 0 unspecified atom stereocenters. The molecule has 2 amide bonds. The molecule has 1 aliphatic rings. The zero-order chi connectivity index (χ0) is 43.2. The minimum absolute atomic E-state index is 0.0472. The molecule has 0 spiro atoms. The average molecular weight is 831 g/mol. The molecule has 2 aromatic carbocycles. The van der Waals surface area contributed by atoms with Crippen LogP contribution in [0.5, 0.6) is 11.5 Å². The second-order valence-corrected chi connectivity index (χ2v) is 14.9. The van der Waals surface area contributed by atoms with E-state index in [-0.39, 0.29) is 37.6 Å². The molecule has 6 aromatic rings. The second kappa shape index (κ2) is 18.8. The third-order valence-electron chi connectivity index (χ3n) is 10.6. The Bertz CT molecular complexity index is 2630. The number of aryl methyl sites for hydroxylation is 4. The minimum atomic E-state index is -0.623. The monoisotopic (exact) mass is 830 g/mol. The predicted molar refractivity (Wildman–Crippen MR) is 233 cm³/mol. The van der Waals surface area contributed by atoms with E-state index < -0.39 is 11.8 Å². The number of imidazole rings is 2. The largest absolute Gasteiger partial charge is 0.494 e. The maximum Gasteiger partial charge on any atom is 0.293 e. The number of carbonyl (C=O) groups excluding carboxylic acids is 4. The summed E-state index contributed by atoms with van der Waals surface area (Å²) in [5.74, 6) is 0.0608. The number of methoxy groups -OCH3 is 1. The van der Waals surface area contributed by atoms with Crippen LogP contribution >= 0.6 is 0 Å². The molecular weight excluding hydrogens is 779 g/mol. The Labute approximate surface area is 353 Å². The molecule has 1 fully saturated rings. The van der Waals surface area contributed by atoms with E-state index in [2.05, 4.69) is 25.7 Å². The smallest absolute Gasteiger partial charge is 0.293 e. The predicted octanol–water partition coefficient (Wildman–Crippen LogP) is 2.44. The molecule has 0 radical (unpaired) electrons. The molecule has 18 nitrogen and oxygen atoms in total. The van der Waals surface area contributed by atoms with Gasteiger partial charge in [-0.1, -0.05) is 12.2 Å². The van der Waals surface area contributed by atoms with Gasteiger partial charge in [0.25, 0.3) is 13.2 Å². The number of hydrogen-bond acceptors (Lipinski definition) is 12. The van der Waals surface area contributed by atoms with Gasteiger partial charge in [0.1, 0.15) is 40.2 Å². The van der Waals surface area contributed by atoms with Gasteiger partial charge < -0.3 is 39.4 Å². The Hall–Kier alpha value is -6.60. The van der Waals surface area contributed by atoms with Gasteiger partial charge in [0, 0.05) is 70.0 Å². The number of carbonyl (C=O) groups is 4. The molecule has 0 saturated carbocycles. The summed E-state index contributed by atoms with van der Waals surface area (Å²) >= 11 is 0. The maximum absolute atomic E-state index is 13.9. The summed E-state index contributed by atoms with van der Waals surface area (Å²) in [6.07, 6.45) is 5.30. The number of anilines is 1. The van der Waals surface area contributed by atoms with Crippen molar-refractivity contribution in [2.24, 2.45) is 5.73 Å². The van der Waals surface area contributed by atoms with Crippen molar-refractivity contribution in [3.63, 3.8) is 0 Å². The Balaban J connectivity index is 1.24. The highest BCUT2D eigenvalue weighted by molar-refractivity contribution is 6.86. The maximum atomic E-state index is 13.9. The molecule has 19 heteroatoms. The number of hydrogen-bond donors (Lipinski definition) is 3. The number of nitrogens with zero attached hydrogens (tertiary/aromatic N) is 9. The number of fused-ring (bicyclic) bond motifs is 2. The van der Waals surface area contributed by atoms with Crippen molar-refractivity contribution >= 4 is 64.8 Å². The van der Waals surface area contributed by atoms with Crippen LogP contribution in [-0.4, -0.2) is 121 Å². The molecule has 318 valence electrons. The topological polar surface area (TPSA) is 211 Å². The first-order valence-electron chi connectivity index (χ1n) is 20.5. The molecule has 1 saturated heterocycles. The summed E-state index contributed by atoms with van der Waals surface area (Å²) in [5, 5.41) is 15.2. The molecular formula is C42H51BN12O6. The second-order valence-electron chi connectivity index (χ2n) is 14.9. The SMILES string of the molecule is CCn1nc(C)cc1C(=O)Bc1nc2cc(C(N)=O)cc(OCCCN3CCNCC3)c2n1C/C=C/Cn1c(NC(=O)c2cc(C)nn2CC)nc2cc(C=O)cc(OC)c21. The highest BCUT2D eigenvalue weighted by Crippen LogP contribution is 2.31. The first-order valence-corrected chi connectivity index (χ1v) is 20.5. The van der Waals surface area contributed by atoms with Gasteiger partial charge in [0.05, 0.1) is 47.6 Å². The summed E-state index contributed by atoms with van der Waals surface area (Å²) in [4.78, 5) is 64.0. The van der Waals surface area contributed by atoms with E-state index in [4.69, 9.17) is 25.2 Å². The van der Waals surface area contributed by atoms with Gasteiger partial charge in [-0.2, -0.15) is 10.2 Å². The van der Waals surface area contributed by atoms with Crippen LogP contribution in [0.2, 0.25) is 0 Å². The van der Waals surface area contributed by atoms with Crippen LogP contribution < -0.4 is 31.6 Å². The van der Waals surface area contributed by atoms with Gasteiger partial charge in [-0.05, 0) is 70.5 Å². The Morgan fingerprint density at radius 3 is 2.20 bits per heavy atom. The van der Waals surface area contributed by atoms with Gasteiger partial charge in [0.15, 0.2) is 0 Å². The fourth-order valence-corrected chi connectivity index (χ4v) is 7.75. The number of rotatable bonds is 19. The first-order chi connectivity index (χ1) is 29.5. The number of amides is 2. The third kappa shape index (κ3) is 9.27. The van der Waals surface area contributed by atoms with Crippen LogP contribution in [0.15, 0.2) is 48.6 Å². The van der Waals surface area contributed by atoms with Crippen LogP contribution in [0.4, 0.5) is 5.95 Å². The number of allylic oxidation sites excluding steroid dienone is 2. The van der Waals surface area contributed by atoms with Gasteiger partial charge in [-0.25, -0.2) is 9.97 Å². The van der Waals surface area contributed by atoms with E-state index in [9.17, 15) is 19.2 Å². The molecule has 0 atom stereocenters. The van der Waals surface area contributed by atoms with Crippen molar-refractivity contribution in [1.29, 1.82) is 0 Å². The van der Waals surface area contributed by atoms with Crippen molar-refractivity contribution in [3.05, 3.63) is 82.5 Å². The fourth-order valence-electron chi connectivity index (χ4n) is 7.75. The lowest BCUT2D eigenvalue weighted by molar-refractivity contribution is 0.0995. The van der Waals surface area contributed by atoms with E-state index >= 15 is 0 Å². The summed E-state index contributed by atoms with van der Waals surface area (Å²) < 4.78 is 19.1. The first kappa shape index (κ1) is 42.5. The Morgan fingerprint density at radius 1 is 0.869 bits per heavy atom. The normalized spacial score (nSPS) is 13.3. The lowest BCUT2D eigenvalue weighted by atomic mass is 9.70. The van der Waals surface area contributed by atoms with Gasteiger partial charge in [0.2, 0.25) is 11.9 Å². The minimum Gasteiger partial charge on any atom is -0.494 e. The van der Waals surface area contributed by atoms with Crippen LogP contribution in [-0.2, 0) is 26.2 Å². The molecule has 4 aromatic heterocycles. The molecule has 1 aliphatic heterocycles. The molecule has 61 heavy (non-hydrogen) atoms. The molecule has 5 heterocycles. The Morgan fingerprint density at radius 2 is 1.52 bits per heavy atom. The van der Waals surface area contributed by atoms with Gasteiger partial charge in [-0.3, -0.25) is 29.1 Å². The molecule has 0 aliphatic carbocycles. The number of aldehydes is 1.